The zero-order valence-corrected chi connectivity index (χ0v) is 14.0. The minimum absolute atomic E-state index is 0.162. The Labute approximate surface area is 133 Å². The van der Waals surface area contributed by atoms with Crippen LogP contribution in [0.15, 0.2) is 41.1 Å². The van der Waals surface area contributed by atoms with Crippen LogP contribution in [0, 0.1) is 0 Å². The minimum atomic E-state index is 0.162. The fourth-order valence-electron chi connectivity index (χ4n) is 2.13. The lowest BCUT2D eigenvalue weighted by Crippen LogP contribution is -2.08. The average molecular weight is 351 g/mol. The highest BCUT2D eigenvalue weighted by molar-refractivity contribution is 9.10. The highest BCUT2D eigenvalue weighted by Gasteiger charge is 2.10. The summed E-state index contributed by atoms with van der Waals surface area (Å²) in [5, 5.41) is 3.43. The van der Waals surface area contributed by atoms with Crippen LogP contribution in [0.25, 0.3) is 0 Å². The Kier molecular flexibility index (Phi) is 5.59. The zero-order valence-electron chi connectivity index (χ0n) is 12.4. The molecular formula is C16H19BrN2O2. The third kappa shape index (κ3) is 4.19. The number of pyridine rings is 1. The normalized spacial score (nSPS) is 12.0. The number of anilines is 1. The highest BCUT2D eigenvalue weighted by Crippen LogP contribution is 2.26. The lowest BCUT2D eigenvalue weighted by Gasteiger charge is -2.17. The Morgan fingerprint density at radius 1 is 1.24 bits per heavy atom. The molecule has 1 aromatic carbocycles. The zero-order chi connectivity index (χ0) is 15.2. The third-order valence-electron chi connectivity index (χ3n) is 3.21. The van der Waals surface area contributed by atoms with Crippen LogP contribution in [0.4, 0.5) is 5.69 Å². The molecule has 112 valence electrons. The quantitative estimate of drug-likeness (QED) is 0.794. The van der Waals surface area contributed by atoms with E-state index in [9.17, 15) is 0 Å². The van der Waals surface area contributed by atoms with E-state index >= 15 is 0 Å². The molecule has 4 nitrogen and oxygen atoms in total. The lowest BCUT2D eigenvalue weighted by atomic mass is 10.0. The van der Waals surface area contributed by atoms with Crippen molar-refractivity contribution in [3.05, 3.63) is 52.3 Å². The molecule has 0 radical (unpaired) electrons. The van der Waals surface area contributed by atoms with E-state index in [4.69, 9.17) is 9.47 Å². The van der Waals surface area contributed by atoms with Gasteiger partial charge in [0.25, 0.3) is 0 Å². The summed E-state index contributed by atoms with van der Waals surface area (Å²) in [5.74, 6) is 0.845. The Hall–Kier alpha value is -1.59. The molecule has 21 heavy (non-hydrogen) atoms. The van der Waals surface area contributed by atoms with Crippen LogP contribution in [-0.2, 0) is 11.3 Å². The van der Waals surface area contributed by atoms with Crippen molar-refractivity contribution in [2.75, 3.05) is 19.5 Å². The first-order chi connectivity index (χ1) is 10.1. The van der Waals surface area contributed by atoms with E-state index in [1.165, 1.54) is 5.56 Å². The number of nitrogens with one attached hydrogen (secondary N) is 1. The van der Waals surface area contributed by atoms with E-state index in [1.54, 1.807) is 20.4 Å². The molecule has 1 heterocycles. The van der Waals surface area contributed by atoms with Crippen LogP contribution in [0.5, 0.6) is 5.75 Å². The molecule has 1 aromatic heterocycles. The van der Waals surface area contributed by atoms with Crippen LogP contribution in [0.1, 0.15) is 24.1 Å². The smallest absolute Gasteiger partial charge is 0.124 e. The maximum atomic E-state index is 5.35. The molecule has 1 atom stereocenters. The Morgan fingerprint density at radius 3 is 2.67 bits per heavy atom. The summed E-state index contributed by atoms with van der Waals surface area (Å²) in [6.07, 6.45) is 1.81. The molecule has 0 saturated heterocycles. The van der Waals surface area contributed by atoms with Crippen LogP contribution in [0.2, 0.25) is 0 Å². The van der Waals surface area contributed by atoms with Gasteiger partial charge in [0.15, 0.2) is 0 Å². The van der Waals surface area contributed by atoms with E-state index in [-0.39, 0.29) is 6.04 Å². The summed E-state index contributed by atoms with van der Waals surface area (Å²) in [6.45, 7) is 2.64. The van der Waals surface area contributed by atoms with Crippen molar-refractivity contribution in [1.82, 2.24) is 4.98 Å². The molecule has 0 bridgehead atoms. The topological polar surface area (TPSA) is 43.4 Å². The maximum Gasteiger partial charge on any atom is 0.124 e. The van der Waals surface area contributed by atoms with Crippen LogP contribution < -0.4 is 10.1 Å². The number of hydrogen-bond donors (Lipinski definition) is 1. The van der Waals surface area contributed by atoms with Crippen molar-refractivity contribution in [2.45, 2.75) is 19.6 Å². The minimum Gasteiger partial charge on any atom is -0.496 e. The molecule has 0 aliphatic heterocycles. The summed E-state index contributed by atoms with van der Waals surface area (Å²) in [7, 11) is 3.35. The number of ether oxygens (including phenoxy) is 2. The first-order valence-corrected chi connectivity index (χ1v) is 7.47. The van der Waals surface area contributed by atoms with Crippen LogP contribution >= 0.6 is 15.9 Å². The van der Waals surface area contributed by atoms with Gasteiger partial charge in [-0.2, -0.15) is 0 Å². The second-order valence-corrected chi connectivity index (χ2v) is 5.55. The number of methoxy groups -OCH3 is 2. The summed E-state index contributed by atoms with van der Waals surface area (Å²) < 4.78 is 11.4. The standard InChI is InChI=1S/C16H19BrN2O2/c1-11(19-14-5-7-16(17)18-9-14)12-4-6-15(21-3)13(8-12)10-20-2/h4-9,11,19H,10H2,1-3H3. The Morgan fingerprint density at radius 2 is 2.05 bits per heavy atom. The second kappa shape index (κ2) is 7.43. The molecule has 2 aromatic rings. The number of nitrogens with zero attached hydrogens (tertiary/aromatic N) is 1. The predicted molar refractivity (Wildman–Crippen MR) is 87.7 cm³/mol. The molecule has 1 unspecified atom stereocenters. The van der Waals surface area contributed by atoms with Crippen molar-refractivity contribution in [2.24, 2.45) is 0 Å². The van der Waals surface area contributed by atoms with Gasteiger partial charge in [-0.15, -0.1) is 0 Å². The van der Waals surface area contributed by atoms with E-state index in [2.05, 4.69) is 45.3 Å². The largest absolute Gasteiger partial charge is 0.496 e. The number of aromatic nitrogens is 1. The van der Waals surface area contributed by atoms with Crippen molar-refractivity contribution < 1.29 is 9.47 Å². The molecule has 0 aliphatic carbocycles. The SMILES string of the molecule is COCc1cc(C(C)Nc2ccc(Br)nc2)ccc1OC. The molecular weight excluding hydrogens is 332 g/mol. The van der Waals surface area contributed by atoms with Crippen molar-refractivity contribution in [1.29, 1.82) is 0 Å². The molecule has 1 N–H and O–H groups in total. The number of rotatable bonds is 6. The summed E-state index contributed by atoms with van der Waals surface area (Å²) >= 11 is 3.33. The van der Waals surface area contributed by atoms with Gasteiger partial charge in [0.2, 0.25) is 0 Å². The van der Waals surface area contributed by atoms with E-state index < -0.39 is 0 Å². The third-order valence-corrected chi connectivity index (χ3v) is 3.68. The molecule has 0 amide bonds. The number of benzene rings is 1. The molecule has 2 rings (SSSR count). The van der Waals surface area contributed by atoms with Crippen LogP contribution in [-0.4, -0.2) is 19.2 Å². The van der Waals surface area contributed by atoms with Gasteiger partial charge in [-0.05, 0) is 52.7 Å². The Bertz CT molecular complexity index is 587. The van der Waals surface area contributed by atoms with Crippen molar-refractivity contribution in [3.63, 3.8) is 0 Å². The van der Waals surface area contributed by atoms with Gasteiger partial charge >= 0.3 is 0 Å². The van der Waals surface area contributed by atoms with E-state index in [0.29, 0.717) is 6.61 Å². The van der Waals surface area contributed by atoms with Crippen LogP contribution in [0.3, 0.4) is 0 Å². The van der Waals surface area contributed by atoms with Gasteiger partial charge < -0.3 is 14.8 Å². The number of hydrogen-bond acceptors (Lipinski definition) is 4. The molecule has 0 fully saturated rings. The fraction of sp³-hybridized carbons (Fsp3) is 0.312. The summed E-state index contributed by atoms with van der Waals surface area (Å²) in [6, 6.07) is 10.2. The lowest BCUT2D eigenvalue weighted by molar-refractivity contribution is 0.181. The van der Waals surface area contributed by atoms with Gasteiger partial charge in [-0.3, -0.25) is 0 Å². The Balaban J connectivity index is 2.16. The molecule has 0 aliphatic rings. The molecule has 0 saturated carbocycles. The van der Waals surface area contributed by atoms with E-state index in [0.717, 1.165) is 21.6 Å². The molecule has 0 spiro atoms. The van der Waals surface area contributed by atoms with Gasteiger partial charge in [0, 0.05) is 18.7 Å². The fourth-order valence-corrected chi connectivity index (χ4v) is 2.37. The maximum absolute atomic E-state index is 5.35. The highest BCUT2D eigenvalue weighted by atomic mass is 79.9. The summed E-state index contributed by atoms with van der Waals surface area (Å²) in [4.78, 5) is 4.21. The van der Waals surface area contributed by atoms with Gasteiger partial charge in [-0.25, -0.2) is 4.98 Å². The second-order valence-electron chi connectivity index (χ2n) is 4.74. The van der Waals surface area contributed by atoms with E-state index in [1.807, 2.05) is 18.2 Å². The van der Waals surface area contributed by atoms with Gasteiger partial charge in [0.05, 0.1) is 25.6 Å². The van der Waals surface area contributed by atoms with Crippen molar-refractivity contribution >= 4 is 21.6 Å². The predicted octanol–water partition coefficient (Wildman–Crippen LogP) is 4.17. The van der Waals surface area contributed by atoms with Gasteiger partial charge in [-0.1, -0.05) is 6.07 Å². The summed E-state index contributed by atoms with van der Waals surface area (Å²) in [5.41, 5.74) is 3.20. The first-order valence-electron chi connectivity index (χ1n) is 6.68. The first kappa shape index (κ1) is 15.8. The monoisotopic (exact) mass is 350 g/mol. The van der Waals surface area contributed by atoms with Gasteiger partial charge in [0.1, 0.15) is 10.4 Å². The van der Waals surface area contributed by atoms with Crippen molar-refractivity contribution in [3.8, 4) is 5.75 Å². The molecule has 5 heteroatoms. The average Bonchev–Trinajstić information content (AvgIpc) is 2.50. The number of halogens is 1.